The van der Waals surface area contributed by atoms with Crippen molar-refractivity contribution in [1.82, 2.24) is 9.80 Å². The van der Waals surface area contributed by atoms with Gasteiger partial charge in [-0.25, -0.2) is 0 Å². The molecular weight excluding hydrogens is 370 g/mol. The lowest BCUT2D eigenvalue weighted by Crippen LogP contribution is -2.40. The van der Waals surface area contributed by atoms with Crippen LogP contribution >= 0.6 is 11.8 Å². The molecule has 1 saturated carbocycles. The minimum Gasteiger partial charge on any atom is -0.382 e. The van der Waals surface area contributed by atoms with E-state index in [2.05, 4.69) is 4.40 Å². The van der Waals surface area contributed by atoms with Gasteiger partial charge in [0.1, 0.15) is 0 Å². The van der Waals surface area contributed by atoms with E-state index in [0.29, 0.717) is 4.91 Å². The number of hydrogen-bond donors (Lipinski definition) is 0. The Balaban J connectivity index is 2.00. The molecule has 0 radical (unpaired) electrons. The number of amides is 1. The van der Waals surface area contributed by atoms with Crippen LogP contribution < -0.4 is 0 Å². The summed E-state index contributed by atoms with van der Waals surface area (Å²) in [6, 6.07) is 8.13. The second-order valence-corrected chi connectivity index (χ2v) is 9.30. The molecule has 0 unspecified atom stereocenters. The van der Waals surface area contributed by atoms with Crippen LogP contribution in [0.15, 0.2) is 50.7 Å². The number of carbonyl (C=O) groups is 1. The van der Waals surface area contributed by atoms with Gasteiger partial charge in [0.15, 0.2) is 5.17 Å². The van der Waals surface area contributed by atoms with Crippen molar-refractivity contribution in [2.45, 2.75) is 43.0 Å². The fourth-order valence-electron chi connectivity index (χ4n) is 3.18. The highest BCUT2D eigenvalue weighted by molar-refractivity contribution is 8.19. The number of nitrogens with zero attached hydrogens (tertiary/aromatic N) is 3. The van der Waals surface area contributed by atoms with Crippen LogP contribution in [0, 0.1) is 0 Å². The van der Waals surface area contributed by atoms with Gasteiger partial charge in [-0.05, 0) is 36.7 Å². The van der Waals surface area contributed by atoms with E-state index in [1.165, 1.54) is 12.1 Å². The minimum absolute atomic E-state index is 0.0153. The van der Waals surface area contributed by atoms with Gasteiger partial charge >= 0.3 is 0 Å². The first-order valence-electron chi connectivity index (χ1n) is 8.68. The van der Waals surface area contributed by atoms with Crippen molar-refractivity contribution in [3.63, 3.8) is 0 Å². The van der Waals surface area contributed by atoms with Gasteiger partial charge in [-0.1, -0.05) is 37.5 Å². The fraction of sp³-hybridized carbons (Fsp3) is 0.444. The number of rotatable bonds is 4. The highest BCUT2D eigenvalue weighted by Crippen LogP contribution is 2.37. The minimum atomic E-state index is -3.86. The Morgan fingerprint density at radius 3 is 2.42 bits per heavy atom. The zero-order valence-electron chi connectivity index (χ0n) is 15.0. The number of thioether (sulfide) groups is 1. The van der Waals surface area contributed by atoms with Gasteiger partial charge in [-0.3, -0.25) is 9.69 Å². The van der Waals surface area contributed by atoms with Crippen LogP contribution in [-0.4, -0.2) is 49.4 Å². The molecule has 2 fully saturated rings. The second-order valence-electron chi connectivity index (χ2n) is 6.69. The Bertz CT molecular complexity index is 826. The molecule has 140 valence electrons. The van der Waals surface area contributed by atoms with Crippen molar-refractivity contribution in [3.8, 4) is 0 Å². The lowest BCUT2D eigenvalue weighted by molar-refractivity contribution is -0.124. The molecule has 1 saturated heterocycles. The van der Waals surface area contributed by atoms with Crippen molar-refractivity contribution in [3.05, 3.63) is 41.4 Å². The normalized spacial score (nSPS) is 22.4. The summed E-state index contributed by atoms with van der Waals surface area (Å²) in [7, 11) is -0.188. The molecule has 0 spiro atoms. The predicted molar refractivity (Wildman–Crippen MR) is 104 cm³/mol. The molecule has 1 aromatic rings. The molecular formula is C18H23N3O3S2. The third-order valence-electron chi connectivity index (χ3n) is 4.39. The highest BCUT2D eigenvalue weighted by Gasteiger charge is 2.40. The monoisotopic (exact) mass is 393 g/mol. The number of hydrogen-bond acceptors (Lipinski definition) is 5. The Morgan fingerprint density at radius 2 is 1.81 bits per heavy atom. The molecule has 3 rings (SSSR count). The molecule has 1 heterocycles. The van der Waals surface area contributed by atoms with E-state index in [1.807, 2.05) is 14.1 Å². The largest absolute Gasteiger partial charge is 0.382 e. The van der Waals surface area contributed by atoms with Crippen LogP contribution in [-0.2, 0) is 14.8 Å². The third-order valence-corrected chi connectivity index (χ3v) is 6.76. The van der Waals surface area contributed by atoms with Crippen LogP contribution in [0.5, 0.6) is 0 Å². The summed E-state index contributed by atoms with van der Waals surface area (Å²) in [5.41, 5.74) is 0. The summed E-state index contributed by atoms with van der Waals surface area (Å²) in [4.78, 5) is 16.9. The summed E-state index contributed by atoms with van der Waals surface area (Å²) in [6.45, 7) is 0. The molecule has 1 aliphatic heterocycles. The van der Waals surface area contributed by atoms with Gasteiger partial charge in [0.25, 0.3) is 15.9 Å². The first-order valence-corrected chi connectivity index (χ1v) is 10.9. The quantitative estimate of drug-likeness (QED) is 0.736. The van der Waals surface area contributed by atoms with Gasteiger partial charge in [0.05, 0.1) is 9.80 Å². The molecule has 0 aromatic heterocycles. The van der Waals surface area contributed by atoms with Crippen LogP contribution in [0.3, 0.4) is 0 Å². The van der Waals surface area contributed by atoms with Crippen molar-refractivity contribution in [2.24, 2.45) is 4.40 Å². The van der Waals surface area contributed by atoms with Gasteiger partial charge < -0.3 is 4.90 Å². The summed E-state index contributed by atoms with van der Waals surface area (Å²) in [5, 5.41) is 0.263. The van der Waals surface area contributed by atoms with Gasteiger partial charge in [0, 0.05) is 26.3 Å². The molecule has 2 aliphatic rings. The molecule has 6 nitrogen and oxygen atoms in total. The predicted octanol–water partition coefficient (Wildman–Crippen LogP) is 3.04. The zero-order valence-corrected chi connectivity index (χ0v) is 16.6. The van der Waals surface area contributed by atoms with E-state index < -0.39 is 10.0 Å². The van der Waals surface area contributed by atoms with Crippen molar-refractivity contribution >= 4 is 32.9 Å². The SMILES string of the molecule is CN(C)/C=C1\S/C(=N\S(=O)(=O)c2ccccc2)N(C2CCCCC2)C1=O. The van der Waals surface area contributed by atoms with E-state index in [0.717, 1.165) is 43.9 Å². The maximum atomic E-state index is 12.9. The summed E-state index contributed by atoms with van der Waals surface area (Å²) >= 11 is 1.14. The average Bonchev–Trinajstić information content (AvgIpc) is 2.90. The number of sulfonamides is 1. The molecule has 1 aromatic carbocycles. The molecule has 0 atom stereocenters. The summed E-state index contributed by atoms with van der Waals surface area (Å²) < 4.78 is 29.4. The maximum absolute atomic E-state index is 12.9. The number of carbonyl (C=O) groups excluding carboxylic acids is 1. The average molecular weight is 394 g/mol. The maximum Gasteiger partial charge on any atom is 0.284 e. The lowest BCUT2D eigenvalue weighted by Gasteiger charge is -2.30. The molecule has 8 heteroatoms. The zero-order chi connectivity index (χ0) is 18.7. The first-order chi connectivity index (χ1) is 12.4. The van der Waals surface area contributed by atoms with Gasteiger partial charge in [0.2, 0.25) is 0 Å². The van der Waals surface area contributed by atoms with E-state index in [9.17, 15) is 13.2 Å². The van der Waals surface area contributed by atoms with Gasteiger partial charge in [-0.2, -0.15) is 8.42 Å². The summed E-state index contributed by atoms with van der Waals surface area (Å²) in [6.07, 6.45) is 6.73. The van der Waals surface area contributed by atoms with E-state index in [4.69, 9.17) is 0 Å². The van der Waals surface area contributed by atoms with E-state index in [1.54, 1.807) is 34.2 Å². The Morgan fingerprint density at radius 1 is 1.15 bits per heavy atom. The first kappa shape index (κ1) is 19.0. The van der Waals surface area contributed by atoms with Crippen molar-refractivity contribution in [2.75, 3.05) is 14.1 Å². The van der Waals surface area contributed by atoms with Crippen molar-refractivity contribution < 1.29 is 13.2 Å². The molecule has 0 bridgehead atoms. The third kappa shape index (κ3) is 4.12. The topological polar surface area (TPSA) is 70.1 Å². The second kappa shape index (κ2) is 7.84. The van der Waals surface area contributed by atoms with Crippen molar-refractivity contribution in [1.29, 1.82) is 0 Å². The standard InChI is InChI=1S/C18H23N3O3S2/c1-20(2)13-16-17(22)21(14-9-5-3-6-10-14)18(25-16)19-26(23,24)15-11-7-4-8-12-15/h4,7-8,11-14H,3,5-6,9-10H2,1-2H3/b16-13-,19-18-. The molecule has 0 N–H and O–H groups in total. The van der Waals surface area contributed by atoms with E-state index in [-0.39, 0.29) is 22.0 Å². The highest BCUT2D eigenvalue weighted by atomic mass is 32.2. The Labute approximate surface area is 159 Å². The van der Waals surface area contributed by atoms with Crippen LogP contribution in [0.25, 0.3) is 0 Å². The smallest absolute Gasteiger partial charge is 0.284 e. The molecule has 26 heavy (non-hydrogen) atoms. The van der Waals surface area contributed by atoms with Crippen LogP contribution in [0.2, 0.25) is 0 Å². The summed E-state index contributed by atoms with van der Waals surface area (Å²) in [5.74, 6) is -0.155. The Kier molecular flexibility index (Phi) is 5.72. The molecule has 1 amide bonds. The number of amidine groups is 1. The lowest BCUT2D eigenvalue weighted by atomic mass is 9.94. The van der Waals surface area contributed by atoms with Gasteiger partial charge in [-0.15, -0.1) is 4.40 Å². The fourth-order valence-corrected chi connectivity index (χ4v) is 5.50. The van der Waals surface area contributed by atoms with Crippen LogP contribution in [0.1, 0.15) is 32.1 Å². The number of benzene rings is 1. The Hall–Kier alpha value is -1.80. The molecule has 1 aliphatic carbocycles. The van der Waals surface area contributed by atoms with Crippen LogP contribution in [0.4, 0.5) is 0 Å². The van der Waals surface area contributed by atoms with E-state index >= 15 is 0 Å².